The number of ether oxygens (including phenoxy) is 1. The molecule has 1 aromatic rings. The van der Waals surface area contributed by atoms with Gasteiger partial charge < -0.3 is 10.1 Å². The first-order valence-corrected chi connectivity index (χ1v) is 10.7. The molecule has 3 atom stereocenters. The van der Waals surface area contributed by atoms with Crippen molar-refractivity contribution in [3.8, 4) is 0 Å². The van der Waals surface area contributed by atoms with Crippen molar-refractivity contribution in [1.82, 2.24) is 5.32 Å². The first-order valence-electron chi connectivity index (χ1n) is 9.78. The average molecular weight is 352 g/mol. The van der Waals surface area contributed by atoms with Crippen molar-refractivity contribution in [2.24, 2.45) is 17.8 Å². The molecule has 2 rings (SSSR count). The molecule has 0 radical (unpaired) electrons. The van der Waals surface area contributed by atoms with Gasteiger partial charge in [-0.05, 0) is 82.2 Å². The topological polar surface area (TPSA) is 21.3 Å². The predicted molar refractivity (Wildman–Crippen MR) is 106 cm³/mol. The van der Waals surface area contributed by atoms with Crippen molar-refractivity contribution >= 4 is 11.3 Å². The molecule has 1 aliphatic rings. The van der Waals surface area contributed by atoms with E-state index in [2.05, 4.69) is 57.4 Å². The summed E-state index contributed by atoms with van der Waals surface area (Å²) in [6.07, 6.45) is 6.47. The summed E-state index contributed by atoms with van der Waals surface area (Å²) in [7, 11) is 0. The van der Waals surface area contributed by atoms with Crippen LogP contribution in [0.15, 0.2) is 17.5 Å². The van der Waals surface area contributed by atoms with Crippen LogP contribution in [0.3, 0.4) is 0 Å². The lowest BCUT2D eigenvalue weighted by molar-refractivity contribution is -0.0840. The number of rotatable bonds is 9. The summed E-state index contributed by atoms with van der Waals surface area (Å²) in [5.41, 5.74) is 0.0662. The fourth-order valence-corrected chi connectivity index (χ4v) is 4.73. The van der Waals surface area contributed by atoms with E-state index in [0.717, 1.165) is 30.9 Å². The third-order valence-corrected chi connectivity index (χ3v) is 6.51. The monoisotopic (exact) mass is 351 g/mol. The van der Waals surface area contributed by atoms with Crippen LogP contribution in [0.1, 0.15) is 77.6 Å². The standard InChI is InChI=1S/C21H37NOS/c1-16(2)8-9-18(19-11-13-23-21(4,5)15-19)10-12-22-17(3)20-7-6-14-24-20/h6-7,14,16-19,22H,8-13,15H2,1-5H3/t17-,18+,19+/m1/s1. The number of nitrogens with one attached hydrogen (secondary N) is 1. The summed E-state index contributed by atoms with van der Waals surface area (Å²) in [4.78, 5) is 1.45. The molecule has 0 aliphatic carbocycles. The summed E-state index contributed by atoms with van der Waals surface area (Å²) in [5.74, 6) is 2.46. The summed E-state index contributed by atoms with van der Waals surface area (Å²) in [5, 5.41) is 5.91. The van der Waals surface area contributed by atoms with Gasteiger partial charge in [0.2, 0.25) is 0 Å². The van der Waals surface area contributed by atoms with Crippen molar-refractivity contribution in [3.63, 3.8) is 0 Å². The van der Waals surface area contributed by atoms with Crippen molar-refractivity contribution in [1.29, 1.82) is 0 Å². The Balaban J connectivity index is 1.85. The molecule has 24 heavy (non-hydrogen) atoms. The van der Waals surface area contributed by atoms with Gasteiger partial charge in [0.15, 0.2) is 0 Å². The molecule has 2 nitrogen and oxygen atoms in total. The molecule has 0 bridgehead atoms. The third kappa shape index (κ3) is 6.50. The van der Waals surface area contributed by atoms with Gasteiger partial charge >= 0.3 is 0 Å². The van der Waals surface area contributed by atoms with Gasteiger partial charge in [-0.15, -0.1) is 11.3 Å². The summed E-state index contributed by atoms with van der Waals surface area (Å²) >= 11 is 1.85. The van der Waals surface area contributed by atoms with E-state index >= 15 is 0 Å². The summed E-state index contributed by atoms with van der Waals surface area (Å²) in [6.45, 7) is 13.6. The SMILES string of the molecule is CC(C)CC[C@@H](CCN[C@H](C)c1cccs1)[C@H]1CCOC(C)(C)C1. The van der Waals surface area contributed by atoms with Gasteiger partial charge in [0, 0.05) is 17.5 Å². The minimum atomic E-state index is 0.0662. The Bertz CT molecular complexity index is 454. The predicted octanol–water partition coefficient (Wildman–Crippen LogP) is 6.05. The maximum atomic E-state index is 5.95. The molecule has 0 spiro atoms. The molecule has 1 aliphatic heterocycles. The van der Waals surface area contributed by atoms with Crippen LogP contribution in [-0.2, 0) is 4.74 Å². The molecular formula is C21H37NOS. The number of hydrogen-bond donors (Lipinski definition) is 1. The van der Waals surface area contributed by atoms with Crippen molar-refractivity contribution in [2.45, 2.75) is 78.4 Å². The second-order valence-electron chi connectivity index (χ2n) is 8.57. The Morgan fingerprint density at radius 3 is 2.67 bits per heavy atom. The van der Waals surface area contributed by atoms with Gasteiger partial charge in [-0.25, -0.2) is 0 Å². The quantitative estimate of drug-likeness (QED) is 0.585. The van der Waals surface area contributed by atoms with Crippen LogP contribution in [0.5, 0.6) is 0 Å². The lowest BCUT2D eigenvalue weighted by Gasteiger charge is -2.39. The van der Waals surface area contributed by atoms with E-state index in [9.17, 15) is 0 Å². The van der Waals surface area contributed by atoms with Crippen LogP contribution >= 0.6 is 11.3 Å². The average Bonchev–Trinajstić information content (AvgIpc) is 3.03. The molecule has 0 amide bonds. The van der Waals surface area contributed by atoms with Crippen LogP contribution in [0.4, 0.5) is 0 Å². The van der Waals surface area contributed by atoms with Crippen molar-refractivity contribution in [3.05, 3.63) is 22.4 Å². The fourth-order valence-electron chi connectivity index (χ4n) is 3.97. The lowest BCUT2D eigenvalue weighted by Crippen LogP contribution is -2.37. The molecule has 0 aromatic carbocycles. The molecule has 0 saturated carbocycles. The van der Waals surface area contributed by atoms with E-state index in [4.69, 9.17) is 4.74 Å². The summed E-state index contributed by atoms with van der Waals surface area (Å²) < 4.78 is 5.95. The maximum absolute atomic E-state index is 5.95. The van der Waals surface area contributed by atoms with Crippen LogP contribution in [0.25, 0.3) is 0 Å². The highest BCUT2D eigenvalue weighted by molar-refractivity contribution is 7.10. The van der Waals surface area contributed by atoms with E-state index in [0.29, 0.717) is 6.04 Å². The first-order chi connectivity index (χ1) is 11.4. The summed E-state index contributed by atoms with van der Waals surface area (Å²) in [6, 6.07) is 4.86. The molecule has 138 valence electrons. The van der Waals surface area contributed by atoms with Crippen LogP contribution in [-0.4, -0.2) is 18.8 Å². The molecule has 1 N–H and O–H groups in total. The number of hydrogen-bond acceptors (Lipinski definition) is 3. The van der Waals surface area contributed by atoms with E-state index in [1.54, 1.807) is 0 Å². The third-order valence-electron chi connectivity index (χ3n) is 5.45. The minimum Gasteiger partial charge on any atom is -0.376 e. The fraction of sp³-hybridized carbons (Fsp3) is 0.810. The van der Waals surface area contributed by atoms with Crippen molar-refractivity contribution < 1.29 is 4.74 Å². The molecule has 0 unspecified atom stereocenters. The van der Waals surface area contributed by atoms with Gasteiger partial charge in [0.25, 0.3) is 0 Å². The molecule has 2 heterocycles. The van der Waals surface area contributed by atoms with E-state index < -0.39 is 0 Å². The second kappa shape index (κ2) is 9.35. The van der Waals surface area contributed by atoms with E-state index in [-0.39, 0.29) is 5.60 Å². The highest BCUT2D eigenvalue weighted by atomic mass is 32.1. The molecular weight excluding hydrogens is 314 g/mol. The van der Waals surface area contributed by atoms with E-state index in [1.807, 2.05) is 11.3 Å². The first kappa shape index (κ1) is 19.9. The number of thiophene rings is 1. The molecule has 1 fully saturated rings. The Hall–Kier alpha value is -0.380. The Morgan fingerprint density at radius 1 is 1.25 bits per heavy atom. The minimum absolute atomic E-state index is 0.0662. The zero-order valence-electron chi connectivity index (χ0n) is 16.3. The van der Waals surface area contributed by atoms with E-state index in [1.165, 1.54) is 37.0 Å². The van der Waals surface area contributed by atoms with Gasteiger partial charge in [-0.3, -0.25) is 0 Å². The second-order valence-corrected chi connectivity index (χ2v) is 9.55. The maximum Gasteiger partial charge on any atom is 0.0629 e. The smallest absolute Gasteiger partial charge is 0.0629 e. The highest BCUT2D eigenvalue weighted by Crippen LogP contribution is 2.37. The van der Waals surface area contributed by atoms with Crippen molar-refractivity contribution in [2.75, 3.05) is 13.2 Å². The van der Waals surface area contributed by atoms with Gasteiger partial charge in [0.1, 0.15) is 0 Å². The Morgan fingerprint density at radius 2 is 2.04 bits per heavy atom. The van der Waals surface area contributed by atoms with Crippen LogP contribution in [0, 0.1) is 17.8 Å². The Kier molecular flexibility index (Phi) is 7.77. The molecule has 3 heteroatoms. The van der Waals surface area contributed by atoms with Gasteiger partial charge in [-0.1, -0.05) is 26.3 Å². The highest BCUT2D eigenvalue weighted by Gasteiger charge is 2.33. The zero-order chi connectivity index (χ0) is 17.6. The Labute approximate surface area is 153 Å². The van der Waals surface area contributed by atoms with Crippen LogP contribution < -0.4 is 5.32 Å². The largest absolute Gasteiger partial charge is 0.376 e. The van der Waals surface area contributed by atoms with Gasteiger partial charge in [-0.2, -0.15) is 0 Å². The van der Waals surface area contributed by atoms with Crippen LogP contribution in [0.2, 0.25) is 0 Å². The lowest BCUT2D eigenvalue weighted by atomic mass is 9.75. The van der Waals surface area contributed by atoms with Gasteiger partial charge in [0.05, 0.1) is 5.60 Å². The normalized spacial score (nSPS) is 23.3. The molecule has 1 aromatic heterocycles. The zero-order valence-corrected chi connectivity index (χ0v) is 17.1. The molecule has 1 saturated heterocycles.